The van der Waals surface area contributed by atoms with Gasteiger partial charge in [0.25, 0.3) is 0 Å². The van der Waals surface area contributed by atoms with E-state index in [1.54, 1.807) is 13.8 Å². The summed E-state index contributed by atoms with van der Waals surface area (Å²) in [5.41, 5.74) is 10.5. The zero-order valence-corrected chi connectivity index (χ0v) is 28.5. The van der Waals surface area contributed by atoms with Gasteiger partial charge in [0.2, 0.25) is 0 Å². The number of benzene rings is 3. The first kappa shape index (κ1) is 37.5. The second-order valence-electron chi connectivity index (χ2n) is 12.5. The van der Waals surface area contributed by atoms with Crippen molar-refractivity contribution >= 4 is 11.9 Å². The van der Waals surface area contributed by atoms with E-state index in [0.717, 1.165) is 62.5 Å². The van der Waals surface area contributed by atoms with Crippen molar-refractivity contribution in [3.63, 3.8) is 0 Å². The van der Waals surface area contributed by atoms with Gasteiger partial charge in [-0.1, -0.05) is 80.7 Å². The Bertz CT molecular complexity index is 1480. The van der Waals surface area contributed by atoms with E-state index < -0.39 is 0 Å². The van der Waals surface area contributed by atoms with Crippen molar-refractivity contribution in [2.45, 2.75) is 78.6 Å². The summed E-state index contributed by atoms with van der Waals surface area (Å²) in [6.07, 6.45) is 7.51. The average molecular weight is 641 g/mol. The molecule has 3 rings (SSSR count). The van der Waals surface area contributed by atoms with Crippen molar-refractivity contribution in [3.05, 3.63) is 118 Å². The first-order valence-electron chi connectivity index (χ1n) is 16.8. The maximum atomic E-state index is 12.1. The highest BCUT2D eigenvalue weighted by Gasteiger charge is 2.14. The van der Waals surface area contributed by atoms with E-state index >= 15 is 0 Å². The molecule has 0 bridgehead atoms. The van der Waals surface area contributed by atoms with Crippen LogP contribution in [0.5, 0.6) is 0 Å². The van der Waals surface area contributed by atoms with Gasteiger partial charge in [-0.15, -0.1) is 0 Å². The Morgan fingerprint density at radius 2 is 1.11 bits per heavy atom. The molecule has 0 heterocycles. The minimum absolute atomic E-state index is 0.0140. The van der Waals surface area contributed by atoms with Crippen LogP contribution in [-0.4, -0.2) is 48.6 Å². The molecule has 6 heteroatoms. The van der Waals surface area contributed by atoms with Crippen LogP contribution in [0, 0.1) is 5.92 Å². The lowest BCUT2D eigenvalue weighted by atomic mass is 9.89. The third-order valence-corrected chi connectivity index (χ3v) is 8.47. The quantitative estimate of drug-likeness (QED) is 0.0763. The summed E-state index contributed by atoms with van der Waals surface area (Å²) in [5, 5.41) is 18.8. The molecule has 0 aliphatic carbocycles. The van der Waals surface area contributed by atoms with Gasteiger partial charge in [-0.2, -0.15) is 0 Å². The van der Waals surface area contributed by atoms with Crippen LogP contribution in [0.1, 0.15) is 73.4 Å². The number of aryl methyl sites for hydroxylation is 5. The number of aliphatic hydroxyl groups is 2. The summed E-state index contributed by atoms with van der Waals surface area (Å²) in [6.45, 7) is 13.5. The van der Waals surface area contributed by atoms with E-state index in [9.17, 15) is 19.8 Å². The third kappa shape index (κ3) is 12.3. The second kappa shape index (κ2) is 19.6. The summed E-state index contributed by atoms with van der Waals surface area (Å²) in [5.74, 6) is -0.773. The maximum Gasteiger partial charge on any atom is 0.333 e. The van der Waals surface area contributed by atoms with Crippen LogP contribution < -0.4 is 0 Å². The van der Waals surface area contributed by atoms with Gasteiger partial charge < -0.3 is 19.7 Å². The number of ether oxygens (including phenoxy) is 2. The van der Waals surface area contributed by atoms with Gasteiger partial charge in [-0.25, -0.2) is 9.59 Å². The van der Waals surface area contributed by atoms with Crippen molar-refractivity contribution in [3.8, 4) is 11.1 Å². The molecule has 0 spiro atoms. The van der Waals surface area contributed by atoms with E-state index in [2.05, 4.69) is 80.7 Å². The van der Waals surface area contributed by atoms with Crippen molar-refractivity contribution in [1.82, 2.24) is 0 Å². The number of hydrogen-bond donors (Lipinski definition) is 2. The van der Waals surface area contributed by atoms with Crippen LogP contribution in [0.15, 0.2) is 85.0 Å². The van der Waals surface area contributed by atoms with E-state index in [4.69, 9.17) is 9.47 Å². The summed E-state index contributed by atoms with van der Waals surface area (Å²) in [7, 11) is 0. The standard InChI is InChI=1S/C41H52O6/c1-6-36-25-33(9-7-10-35(27-42)28-43)18-20-38(36)39-21-19-34(26-37(39)22-24-47-41(45)30(4)5)17-16-32-14-12-31(13-15-32)11-8-23-46-40(44)29(2)3/h12-15,18-21,25-26,35,42-43H,2,4,6-11,16-17,22-24,27-28H2,1,3,5H3. The van der Waals surface area contributed by atoms with Gasteiger partial charge in [0.1, 0.15) is 0 Å². The van der Waals surface area contributed by atoms with Crippen LogP contribution in [0.3, 0.4) is 0 Å². The summed E-state index contributed by atoms with van der Waals surface area (Å²) >= 11 is 0. The molecular formula is C41H52O6. The molecule has 0 radical (unpaired) electrons. The maximum absolute atomic E-state index is 12.1. The Kier molecular flexibility index (Phi) is 15.6. The number of carbonyl (C=O) groups is 2. The first-order valence-corrected chi connectivity index (χ1v) is 16.8. The summed E-state index contributed by atoms with van der Waals surface area (Å²) in [6, 6.07) is 22.0. The third-order valence-electron chi connectivity index (χ3n) is 8.47. The van der Waals surface area contributed by atoms with Crippen molar-refractivity contribution < 1.29 is 29.3 Å². The monoisotopic (exact) mass is 640 g/mol. The summed E-state index contributed by atoms with van der Waals surface area (Å²) < 4.78 is 10.7. The predicted molar refractivity (Wildman–Crippen MR) is 189 cm³/mol. The zero-order valence-electron chi connectivity index (χ0n) is 28.5. The normalized spacial score (nSPS) is 11.0. The Morgan fingerprint density at radius 1 is 0.638 bits per heavy atom. The molecule has 3 aromatic rings. The Hall–Kier alpha value is -4.00. The average Bonchev–Trinajstić information content (AvgIpc) is 3.08. The molecule has 0 saturated heterocycles. The van der Waals surface area contributed by atoms with Gasteiger partial charge in [-0.05, 0) is 110 Å². The van der Waals surface area contributed by atoms with Gasteiger partial charge in [0.05, 0.1) is 13.2 Å². The SMILES string of the molecule is C=C(C)C(=O)OCCCc1ccc(CCc2ccc(-c3ccc(CCCC(CO)CO)cc3CC)c(CCOC(=O)C(=C)C)c2)cc1. The largest absolute Gasteiger partial charge is 0.462 e. The van der Waals surface area contributed by atoms with Crippen molar-refractivity contribution in [2.75, 3.05) is 26.4 Å². The fraction of sp³-hybridized carbons (Fsp3) is 0.415. The van der Waals surface area contributed by atoms with Crippen LogP contribution in [0.2, 0.25) is 0 Å². The molecule has 47 heavy (non-hydrogen) atoms. The molecule has 252 valence electrons. The Labute approximate surface area is 281 Å². The second-order valence-corrected chi connectivity index (χ2v) is 12.5. The first-order chi connectivity index (χ1) is 22.6. The van der Waals surface area contributed by atoms with Gasteiger partial charge in [-0.3, -0.25) is 0 Å². The lowest BCUT2D eigenvalue weighted by molar-refractivity contribution is -0.139. The number of esters is 2. The van der Waals surface area contributed by atoms with Crippen LogP contribution >= 0.6 is 0 Å². The highest BCUT2D eigenvalue weighted by molar-refractivity contribution is 5.87. The topological polar surface area (TPSA) is 93.1 Å². The molecule has 0 aromatic heterocycles. The van der Waals surface area contributed by atoms with E-state index in [0.29, 0.717) is 24.2 Å². The van der Waals surface area contributed by atoms with Crippen molar-refractivity contribution in [1.29, 1.82) is 0 Å². The summed E-state index contributed by atoms with van der Waals surface area (Å²) in [4.78, 5) is 23.6. The van der Waals surface area contributed by atoms with Gasteiger partial charge in [0.15, 0.2) is 0 Å². The molecule has 3 aromatic carbocycles. The molecule has 0 unspecified atom stereocenters. The molecule has 0 fully saturated rings. The zero-order chi connectivity index (χ0) is 34.2. The number of carbonyl (C=O) groups excluding carboxylic acids is 2. The molecule has 0 saturated carbocycles. The van der Waals surface area contributed by atoms with E-state index in [1.165, 1.54) is 33.4 Å². The Morgan fingerprint density at radius 3 is 1.68 bits per heavy atom. The molecular weight excluding hydrogens is 588 g/mol. The predicted octanol–water partition coefficient (Wildman–Crippen LogP) is 7.34. The van der Waals surface area contributed by atoms with Gasteiger partial charge >= 0.3 is 11.9 Å². The molecule has 6 nitrogen and oxygen atoms in total. The molecule has 2 N–H and O–H groups in total. The highest BCUT2D eigenvalue weighted by atomic mass is 16.5. The molecule has 0 aliphatic rings. The number of rotatable bonds is 20. The van der Waals surface area contributed by atoms with E-state index in [-0.39, 0.29) is 37.7 Å². The molecule has 0 amide bonds. The van der Waals surface area contributed by atoms with Crippen molar-refractivity contribution in [2.24, 2.45) is 5.92 Å². The molecule has 0 atom stereocenters. The fourth-order valence-corrected chi connectivity index (χ4v) is 5.57. The number of aliphatic hydroxyl groups excluding tert-OH is 2. The molecule has 0 aliphatic heterocycles. The lowest BCUT2D eigenvalue weighted by Crippen LogP contribution is -2.11. The lowest BCUT2D eigenvalue weighted by Gasteiger charge is -2.17. The minimum atomic E-state index is -0.373. The van der Waals surface area contributed by atoms with Crippen LogP contribution in [0.4, 0.5) is 0 Å². The Balaban J connectivity index is 1.71. The number of hydrogen-bond acceptors (Lipinski definition) is 6. The fourth-order valence-electron chi connectivity index (χ4n) is 5.57. The van der Waals surface area contributed by atoms with Crippen LogP contribution in [-0.2, 0) is 57.6 Å². The van der Waals surface area contributed by atoms with E-state index in [1.807, 2.05) is 0 Å². The smallest absolute Gasteiger partial charge is 0.333 e. The van der Waals surface area contributed by atoms with Crippen LogP contribution in [0.25, 0.3) is 11.1 Å². The minimum Gasteiger partial charge on any atom is -0.462 e. The van der Waals surface area contributed by atoms with Gasteiger partial charge in [0, 0.05) is 36.7 Å². The highest BCUT2D eigenvalue weighted by Crippen LogP contribution is 2.31.